The van der Waals surface area contributed by atoms with Crippen molar-refractivity contribution in [2.45, 2.75) is 39.2 Å². The topological polar surface area (TPSA) is 108 Å². The first-order valence-corrected chi connectivity index (χ1v) is 7.92. The van der Waals surface area contributed by atoms with Crippen LogP contribution in [0.5, 0.6) is 0 Å². The molecule has 132 valence electrons. The summed E-state index contributed by atoms with van der Waals surface area (Å²) in [5, 5.41) is 2.61. The summed E-state index contributed by atoms with van der Waals surface area (Å²) in [4.78, 5) is 35.5. The Hall–Kier alpha value is -2.57. The zero-order valence-corrected chi connectivity index (χ0v) is 14.0. The lowest BCUT2D eigenvalue weighted by Crippen LogP contribution is -2.43. The van der Waals surface area contributed by atoms with Crippen molar-refractivity contribution < 1.29 is 23.9 Å². The minimum atomic E-state index is -0.879. The highest BCUT2D eigenvalue weighted by Gasteiger charge is 2.23. The van der Waals surface area contributed by atoms with Crippen LogP contribution in [0.4, 0.5) is 5.69 Å². The Labute approximate surface area is 141 Å². The first kappa shape index (κ1) is 19.5. The molecule has 1 atom stereocenters. The van der Waals surface area contributed by atoms with Gasteiger partial charge in [-0.2, -0.15) is 0 Å². The molecule has 1 aromatic carbocycles. The molecule has 24 heavy (non-hydrogen) atoms. The maximum absolute atomic E-state index is 12.1. The van der Waals surface area contributed by atoms with Gasteiger partial charge in [0.05, 0.1) is 19.6 Å². The summed E-state index contributed by atoms with van der Waals surface area (Å²) < 4.78 is 9.77. The Morgan fingerprint density at radius 2 is 1.71 bits per heavy atom. The number of carbonyl (C=O) groups is 3. The number of nitrogens with one attached hydrogen (secondary N) is 1. The van der Waals surface area contributed by atoms with Crippen molar-refractivity contribution in [2.24, 2.45) is 0 Å². The van der Waals surface area contributed by atoms with E-state index in [1.165, 1.54) is 0 Å². The van der Waals surface area contributed by atoms with Gasteiger partial charge in [-0.3, -0.25) is 9.59 Å². The third-order valence-corrected chi connectivity index (χ3v) is 3.19. The Kier molecular flexibility index (Phi) is 8.32. The lowest BCUT2D eigenvalue weighted by atomic mass is 10.1. The van der Waals surface area contributed by atoms with E-state index in [0.29, 0.717) is 5.69 Å². The highest BCUT2D eigenvalue weighted by molar-refractivity contribution is 5.86. The van der Waals surface area contributed by atoms with Gasteiger partial charge in [0.1, 0.15) is 6.04 Å². The van der Waals surface area contributed by atoms with Crippen molar-refractivity contribution in [2.75, 3.05) is 18.9 Å². The van der Waals surface area contributed by atoms with E-state index in [-0.39, 0.29) is 38.4 Å². The molecule has 1 rings (SSSR count). The monoisotopic (exact) mass is 336 g/mol. The summed E-state index contributed by atoms with van der Waals surface area (Å²) in [6, 6.07) is 6.01. The van der Waals surface area contributed by atoms with Crippen molar-refractivity contribution in [3.05, 3.63) is 29.8 Å². The van der Waals surface area contributed by atoms with Crippen molar-refractivity contribution in [3.63, 3.8) is 0 Å². The molecule has 3 N–H and O–H groups in total. The molecular formula is C17H24N2O5. The summed E-state index contributed by atoms with van der Waals surface area (Å²) in [5.41, 5.74) is 6.98. The van der Waals surface area contributed by atoms with E-state index < -0.39 is 18.0 Å². The average molecular weight is 336 g/mol. The van der Waals surface area contributed by atoms with Crippen LogP contribution >= 0.6 is 0 Å². The summed E-state index contributed by atoms with van der Waals surface area (Å²) in [7, 11) is 0. The smallest absolute Gasteiger partial charge is 0.328 e. The lowest BCUT2D eigenvalue weighted by molar-refractivity contribution is -0.148. The van der Waals surface area contributed by atoms with Crippen LogP contribution < -0.4 is 11.1 Å². The van der Waals surface area contributed by atoms with Gasteiger partial charge in [0.2, 0.25) is 5.91 Å². The zero-order chi connectivity index (χ0) is 17.9. The number of ether oxygens (including phenoxy) is 2. The van der Waals surface area contributed by atoms with Gasteiger partial charge in [-0.15, -0.1) is 0 Å². The van der Waals surface area contributed by atoms with Crippen LogP contribution in [0.25, 0.3) is 0 Å². The number of esters is 2. The molecule has 0 aliphatic carbocycles. The fourth-order valence-corrected chi connectivity index (χ4v) is 2.05. The quantitative estimate of drug-likeness (QED) is 0.518. The highest BCUT2D eigenvalue weighted by Crippen LogP contribution is 2.07. The molecule has 7 nitrogen and oxygen atoms in total. The molecule has 0 spiro atoms. The molecule has 1 amide bonds. The van der Waals surface area contributed by atoms with Gasteiger partial charge in [-0.1, -0.05) is 12.1 Å². The van der Waals surface area contributed by atoms with Gasteiger partial charge in [0.15, 0.2) is 0 Å². The second kappa shape index (κ2) is 10.3. The van der Waals surface area contributed by atoms with E-state index in [0.717, 1.165) is 5.56 Å². The summed E-state index contributed by atoms with van der Waals surface area (Å²) in [6.07, 6.45) is 0.264. The molecule has 0 aliphatic rings. The number of carbonyl (C=O) groups excluding carboxylic acids is 3. The Bertz CT molecular complexity index is 557. The third kappa shape index (κ3) is 7.13. The standard InChI is InChI=1S/C17H24N2O5/c1-3-23-16(21)10-9-14(17(22)24-4-2)19-15(20)11-12-5-7-13(18)8-6-12/h5-8,14H,3-4,9-11,18H2,1-2H3,(H,19,20)/t14-/m0/s1. The van der Waals surface area contributed by atoms with E-state index in [9.17, 15) is 14.4 Å². The van der Waals surface area contributed by atoms with Crippen LogP contribution in [-0.4, -0.2) is 37.1 Å². The van der Waals surface area contributed by atoms with Gasteiger partial charge in [0, 0.05) is 12.1 Å². The Morgan fingerprint density at radius 1 is 1.08 bits per heavy atom. The predicted molar refractivity (Wildman–Crippen MR) is 89.0 cm³/mol. The van der Waals surface area contributed by atoms with Gasteiger partial charge in [0.25, 0.3) is 0 Å². The van der Waals surface area contributed by atoms with Crippen LogP contribution in [0.3, 0.4) is 0 Å². The molecule has 0 saturated carbocycles. The molecule has 7 heteroatoms. The predicted octanol–water partition coefficient (Wildman–Crippen LogP) is 1.20. The van der Waals surface area contributed by atoms with E-state index in [1.54, 1.807) is 38.1 Å². The van der Waals surface area contributed by atoms with E-state index >= 15 is 0 Å². The maximum Gasteiger partial charge on any atom is 0.328 e. The normalized spacial score (nSPS) is 11.4. The van der Waals surface area contributed by atoms with Gasteiger partial charge < -0.3 is 20.5 Å². The lowest BCUT2D eigenvalue weighted by Gasteiger charge is -2.17. The molecule has 0 unspecified atom stereocenters. The molecule has 0 radical (unpaired) electrons. The van der Waals surface area contributed by atoms with Crippen LogP contribution in [0.15, 0.2) is 24.3 Å². The highest BCUT2D eigenvalue weighted by atomic mass is 16.5. The zero-order valence-electron chi connectivity index (χ0n) is 14.0. The molecule has 0 fully saturated rings. The van der Waals surface area contributed by atoms with E-state index in [1.807, 2.05) is 0 Å². The maximum atomic E-state index is 12.1. The minimum Gasteiger partial charge on any atom is -0.466 e. The van der Waals surface area contributed by atoms with Crippen molar-refractivity contribution in [3.8, 4) is 0 Å². The van der Waals surface area contributed by atoms with E-state index in [2.05, 4.69) is 5.32 Å². The summed E-state index contributed by atoms with van der Waals surface area (Å²) in [5.74, 6) is -1.31. The second-order valence-electron chi connectivity index (χ2n) is 5.13. The number of rotatable bonds is 9. The third-order valence-electron chi connectivity index (χ3n) is 3.19. The number of nitrogens with two attached hydrogens (primary N) is 1. The van der Waals surface area contributed by atoms with Crippen LogP contribution in [0.2, 0.25) is 0 Å². The van der Waals surface area contributed by atoms with Crippen LogP contribution in [0, 0.1) is 0 Å². The van der Waals surface area contributed by atoms with Gasteiger partial charge >= 0.3 is 11.9 Å². The van der Waals surface area contributed by atoms with Gasteiger partial charge in [-0.25, -0.2) is 4.79 Å². The molecule has 1 aromatic rings. The first-order valence-electron chi connectivity index (χ1n) is 7.92. The number of hydrogen-bond acceptors (Lipinski definition) is 6. The number of benzene rings is 1. The molecule has 0 heterocycles. The average Bonchev–Trinajstić information content (AvgIpc) is 2.54. The fourth-order valence-electron chi connectivity index (χ4n) is 2.05. The van der Waals surface area contributed by atoms with Crippen molar-refractivity contribution >= 4 is 23.5 Å². The Morgan fingerprint density at radius 3 is 2.29 bits per heavy atom. The molecule has 0 aromatic heterocycles. The van der Waals surface area contributed by atoms with Crippen LogP contribution in [0.1, 0.15) is 32.3 Å². The fraction of sp³-hybridized carbons (Fsp3) is 0.471. The number of nitrogen functional groups attached to an aromatic ring is 1. The number of hydrogen-bond donors (Lipinski definition) is 2. The number of anilines is 1. The number of amides is 1. The molecular weight excluding hydrogens is 312 g/mol. The van der Waals surface area contributed by atoms with E-state index in [4.69, 9.17) is 15.2 Å². The summed E-state index contributed by atoms with van der Waals surface area (Å²) in [6.45, 7) is 3.85. The molecule has 0 bridgehead atoms. The van der Waals surface area contributed by atoms with Crippen molar-refractivity contribution in [1.82, 2.24) is 5.32 Å². The van der Waals surface area contributed by atoms with Crippen molar-refractivity contribution in [1.29, 1.82) is 0 Å². The largest absolute Gasteiger partial charge is 0.466 e. The molecule has 0 saturated heterocycles. The van der Waals surface area contributed by atoms with Crippen LogP contribution in [-0.2, 0) is 30.3 Å². The Balaban J connectivity index is 2.61. The first-order chi connectivity index (χ1) is 11.5. The molecule has 0 aliphatic heterocycles. The SMILES string of the molecule is CCOC(=O)CC[C@H](NC(=O)Cc1ccc(N)cc1)C(=O)OCC. The van der Waals surface area contributed by atoms with Gasteiger partial charge in [-0.05, 0) is 38.0 Å². The second-order valence-corrected chi connectivity index (χ2v) is 5.13. The summed E-state index contributed by atoms with van der Waals surface area (Å²) >= 11 is 0. The minimum absolute atomic E-state index is 0.0273.